The van der Waals surface area contributed by atoms with Crippen LogP contribution in [0, 0.1) is 0 Å². The highest BCUT2D eigenvalue weighted by atomic mass is 32.2. The van der Waals surface area contributed by atoms with Crippen LogP contribution in [0.3, 0.4) is 0 Å². The van der Waals surface area contributed by atoms with Crippen LogP contribution in [0.5, 0.6) is 5.75 Å². The van der Waals surface area contributed by atoms with E-state index >= 15 is 0 Å². The Bertz CT molecular complexity index is 775. The number of sulfonamides is 1. The molecule has 1 aromatic carbocycles. The molecule has 9 heteroatoms. The lowest BCUT2D eigenvalue weighted by molar-refractivity contribution is -0.274. The number of rotatable bonds is 5. The maximum atomic E-state index is 12.2. The van der Waals surface area contributed by atoms with Crippen molar-refractivity contribution < 1.29 is 26.3 Å². The summed E-state index contributed by atoms with van der Waals surface area (Å²) in [5, 5.41) is 0. The second kappa shape index (κ2) is 6.45. The third kappa shape index (κ3) is 4.85. The van der Waals surface area contributed by atoms with Gasteiger partial charge < -0.3 is 4.74 Å². The van der Waals surface area contributed by atoms with E-state index in [9.17, 15) is 21.6 Å². The summed E-state index contributed by atoms with van der Waals surface area (Å²) in [6.07, 6.45) is -4.19. The number of halogens is 3. The van der Waals surface area contributed by atoms with E-state index in [1.54, 1.807) is 12.1 Å². The van der Waals surface area contributed by atoms with Gasteiger partial charge in [-0.25, -0.2) is 13.4 Å². The first-order valence-corrected chi connectivity index (χ1v) is 8.02. The molecule has 0 aliphatic rings. The smallest absolute Gasteiger partial charge is 0.406 e. The summed E-state index contributed by atoms with van der Waals surface area (Å²) < 4.78 is 66.6. The summed E-state index contributed by atoms with van der Waals surface area (Å²) in [6.45, 7) is 1.87. The molecule has 23 heavy (non-hydrogen) atoms. The van der Waals surface area contributed by atoms with Gasteiger partial charge in [0.2, 0.25) is 0 Å². The summed E-state index contributed by atoms with van der Waals surface area (Å²) in [6, 6.07) is 8.79. The van der Waals surface area contributed by atoms with E-state index in [1.807, 2.05) is 6.92 Å². The third-order valence-corrected chi connectivity index (χ3v) is 4.15. The zero-order valence-electron chi connectivity index (χ0n) is 12.0. The molecule has 0 amide bonds. The zero-order valence-corrected chi connectivity index (χ0v) is 12.8. The molecule has 1 aromatic heterocycles. The molecular formula is C14H13F3N2O3S. The van der Waals surface area contributed by atoms with Crippen molar-refractivity contribution in [3.8, 4) is 5.75 Å². The number of ether oxygens (including phenoxy) is 1. The van der Waals surface area contributed by atoms with E-state index in [0.29, 0.717) is 12.1 Å². The molecular weight excluding hydrogens is 333 g/mol. The lowest BCUT2D eigenvalue weighted by Gasteiger charge is -2.10. The SMILES string of the molecule is CCc1cccc(NS(=O)(=O)c2ccc(OC(F)(F)F)cc2)n1. The Morgan fingerprint density at radius 3 is 2.35 bits per heavy atom. The van der Waals surface area contributed by atoms with E-state index in [2.05, 4.69) is 14.4 Å². The first kappa shape index (κ1) is 17.1. The molecule has 0 atom stereocenters. The van der Waals surface area contributed by atoms with Gasteiger partial charge in [0, 0.05) is 5.69 Å². The largest absolute Gasteiger partial charge is 0.573 e. The average molecular weight is 346 g/mol. The number of aromatic nitrogens is 1. The molecule has 2 aromatic rings. The van der Waals surface area contributed by atoms with Crippen molar-refractivity contribution in [2.45, 2.75) is 24.6 Å². The predicted octanol–water partition coefficient (Wildman–Crippen LogP) is 3.34. The highest BCUT2D eigenvalue weighted by Crippen LogP contribution is 2.24. The van der Waals surface area contributed by atoms with E-state index in [4.69, 9.17) is 0 Å². The Hall–Kier alpha value is -2.29. The second-order valence-electron chi connectivity index (χ2n) is 4.49. The molecule has 0 spiro atoms. The van der Waals surface area contributed by atoms with Gasteiger partial charge in [0.25, 0.3) is 10.0 Å². The predicted molar refractivity (Wildman–Crippen MR) is 77.5 cm³/mol. The zero-order chi connectivity index (χ0) is 17.1. The van der Waals surface area contributed by atoms with Crippen molar-refractivity contribution in [3.63, 3.8) is 0 Å². The van der Waals surface area contributed by atoms with E-state index in [1.165, 1.54) is 6.07 Å². The van der Waals surface area contributed by atoms with Crippen LogP contribution in [-0.4, -0.2) is 19.8 Å². The van der Waals surface area contributed by atoms with E-state index in [0.717, 1.165) is 24.3 Å². The Labute approximate surface area is 131 Å². The number of nitrogens with zero attached hydrogens (tertiary/aromatic N) is 1. The first-order valence-electron chi connectivity index (χ1n) is 6.54. The minimum absolute atomic E-state index is 0.139. The van der Waals surface area contributed by atoms with Crippen molar-refractivity contribution in [1.82, 2.24) is 4.98 Å². The molecule has 0 fully saturated rings. The monoisotopic (exact) mass is 346 g/mol. The van der Waals surface area contributed by atoms with Gasteiger partial charge in [-0.2, -0.15) is 0 Å². The third-order valence-electron chi connectivity index (χ3n) is 2.78. The molecule has 0 aliphatic carbocycles. The molecule has 5 nitrogen and oxygen atoms in total. The number of hydrogen-bond donors (Lipinski definition) is 1. The fraction of sp³-hybridized carbons (Fsp3) is 0.214. The summed E-state index contributed by atoms with van der Waals surface area (Å²) in [5.74, 6) is -0.359. The molecule has 1 heterocycles. The lowest BCUT2D eigenvalue weighted by atomic mass is 10.3. The first-order chi connectivity index (χ1) is 10.7. The molecule has 124 valence electrons. The minimum Gasteiger partial charge on any atom is -0.406 e. The van der Waals surface area contributed by atoms with Crippen molar-refractivity contribution in [1.29, 1.82) is 0 Å². The molecule has 0 unspecified atom stereocenters. The Morgan fingerprint density at radius 1 is 1.13 bits per heavy atom. The van der Waals surface area contributed by atoms with Gasteiger partial charge in [0.15, 0.2) is 0 Å². The number of benzene rings is 1. The maximum Gasteiger partial charge on any atom is 0.573 e. The maximum absolute atomic E-state index is 12.2. The van der Waals surface area contributed by atoms with Gasteiger partial charge in [-0.1, -0.05) is 13.0 Å². The standard InChI is InChI=1S/C14H13F3N2O3S/c1-2-10-4-3-5-13(18-10)19-23(20,21)12-8-6-11(7-9-12)22-14(15,16)17/h3-9H,2H2,1H3,(H,18,19). The van der Waals surface area contributed by atoms with Gasteiger partial charge in [-0.05, 0) is 42.8 Å². The molecule has 0 saturated heterocycles. The molecule has 0 saturated carbocycles. The van der Waals surface area contributed by atoms with Gasteiger partial charge in [-0.3, -0.25) is 4.72 Å². The molecule has 0 bridgehead atoms. The average Bonchev–Trinajstić information content (AvgIpc) is 2.46. The van der Waals surface area contributed by atoms with Crippen LogP contribution in [0.2, 0.25) is 0 Å². The Balaban J connectivity index is 2.19. The van der Waals surface area contributed by atoms with Crippen molar-refractivity contribution in [2.75, 3.05) is 4.72 Å². The van der Waals surface area contributed by atoms with Crippen molar-refractivity contribution in [2.24, 2.45) is 0 Å². The van der Waals surface area contributed by atoms with Gasteiger partial charge in [0.05, 0.1) is 4.90 Å². The van der Waals surface area contributed by atoms with E-state index < -0.39 is 22.1 Å². The number of hydrogen-bond acceptors (Lipinski definition) is 4. The van der Waals surface area contributed by atoms with Crippen LogP contribution in [0.1, 0.15) is 12.6 Å². The van der Waals surface area contributed by atoms with Crippen molar-refractivity contribution in [3.05, 3.63) is 48.2 Å². The van der Waals surface area contributed by atoms with Crippen LogP contribution in [0.15, 0.2) is 47.4 Å². The quantitative estimate of drug-likeness (QED) is 0.902. The number of alkyl halides is 3. The van der Waals surface area contributed by atoms with Crippen LogP contribution in [0.4, 0.5) is 19.0 Å². The lowest BCUT2D eigenvalue weighted by Crippen LogP contribution is -2.17. The van der Waals surface area contributed by atoms with Gasteiger partial charge in [-0.15, -0.1) is 13.2 Å². The van der Waals surface area contributed by atoms with E-state index in [-0.39, 0.29) is 10.7 Å². The fourth-order valence-corrected chi connectivity index (χ4v) is 2.75. The topological polar surface area (TPSA) is 68.3 Å². The molecule has 0 aliphatic heterocycles. The Morgan fingerprint density at radius 2 is 1.78 bits per heavy atom. The molecule has 0 radical (unpaired) electrons. The summed E-state index contributed by atoms with van der Waals surface area (Å²) >= 11 is 0. The summed E-state index contributed by atoms with van der Waals surface area (Å²) in [4.78, 5) is 3.91. The normalized spacial score (nSPS) is 12.0. The summed E-state index contributed by atoms with van der Waals surface area (Å²) in [7, 11) is -3.95. The molecule has 2 rings (SSSR count). The van der Waals surface area contributed by atoms with Crippen LogP contribution in [-0.2, 0) is 16.4 Å². The van der Waals surface area contributed by atoms with Crippen LogP contribution >= 0.6 is 0 Å². The van der Waals surface area contributed by atoms with Gasteiger partial charge >= 0.3 is 6.36 Å². The van der Waals surface area contributed by atoms with Gasteiger partial charge in [0.1, 0.15) is 11.6 Å². The van der Waals surface area contributed by atoms with Crippen LogP contribution in [0.25, 0.3) is 0 Å². The fourth-order valence-electron chi connectivity index (χ4n) is 1.75. The second-order valence-corrected chi connectivity index (χ2v) is 6.17. The number of nitrogens with one attached hydrogen (secondary N) is 1. The summed E-state index contributed by atoms with van der Waals surface area (Å²) in [5.41, 5.74) is 0.708. The highest BCUT2D eigenvalue weighted by Gasteiger charge is 2.31. The molecule has 1 N–H and O–H groups in total. The highest BCUT2D eigenvalue weighted by molar-refractivity contribution is 7.92. The number of aryl methyl sites for hydroxylation is 1. The Kier molecular flexibility index (Phi) is 4.79. The number of pyridine rings is 1. The minimum atomic E-state index is -4.83. The van der Waals surface area contributed by atoms with Crippen LogP contribution < -0.4 is 9.46 Å². The number of anilines is 1. The van der Waals surface area contributed by atoms with Crippen molar-refractivity contribution >= 4 is 15.8 Å².